The highest BCUT2D eigenvalue weighted by Gasteiger charge is 2.28. The van der Waals surface area contributed by atoms with Crippen LogP contribution >= 0.6 is 12.4 Å². The van der Waals surface area contributed by atoms with Crippen LogP contribution in [-0.2, 0) is 16.6 Å². The molecule has 0 spiro atoms. The standard InChI is InChI=1S/C30H44N4O4S.ClH/c1-3-4-20-34(27-8-6-5-7-9-27)30(35)31-25-18-21-33(22-19-25)23-24-10-14-28(15-11-24)38-29-16-12-26(13-17-29)32-39(2,36)37;/h10-17,25,27,32H,3-9,18-23H2,1-2H3,(H,31,35);1H. The molecule has 2 fully saturated rings. The second kappa shape index (κ2) is 15.5. The maximum absolute atomic E-state index is 13.2. The van der Waals surface area contributed by atoms with Gasteiger partial charge >= 0.3 is 6.03 Å². The van der Waals surface area contributed by atoms with Crippen LogP contribution in [0.4, 0.5) is 10.5 Å². The van der Waals surface area contributed by atoms with Gasteiger partial charge < -0.3 is 15.0 Å². The van der Waals surface area contributed by atoms with Crippen molar-refractivity contribution >= 4 is 34.1 Å². The fourth-order valence-electron chi connectivity index (χ4n) is 5.53. The molecular formula is C30H45ClN4O4S. The Morgan fingerprint density at radius 3 is 2.12 bits per heavy atom. The van der Waals surface area contributed by atoms with Crippen molar-refractivity contribution in [3.8, 4) is 11.5 Å². The molecule has 2 amide bonds. The van der Waals surface area contributed by atoms with E-state index in [-0.39, 0.29) is 24.5 Å². The summed E-state index contributed by atoms with van der Waals surface area (Å²) in [5.74, 6) is 1.37. The Bertz CT molecular complexity index is 1150. The van der Waals surface area contributed by atoms with E-state index in [1.54, 1.807) is 24.3 Å². The largest absolute Gasteiger partial charge is 0.457 e. The molecule has 1 saturated carbocycles. The molecule has 1 heterocycles. The van der Waals surface area contributed by atoms with Crippen molar-refractivity contribution in [1.82, 2.24) is 15.1 Å². The highest BCUT2D eigenvalue weighted by Crippen LogP contribution is 2.25. The predicted octanol–water partition coefficient (Wildman–Crippen LogP) is 6.38. The molecule has 1 aliphatic heterocycles. The van der Waals surface area contributed by atoms with Gasteiger partial charge in [0.2, 0.25) is 10.0 Å². The van der Waals surface area contributed by atoms with Crippen LogP contribution in [0.1, 0.15) is 70.3 Å². The summed E-state index contributed by atoms with van der Waals surface area (Å²) < 4.78 is 31.1. The number of hydrogen-bond acceptors (Lipinski definition) is 5. The molecule has 0 radical (unpaired) electrons. The molecule has 2 aromatic rings. The summed E-state index contributed by atoms with van der Waals surface area (Å²) in [6.07, 6.45) is 11.3. The number of unbranched alkanes of at least 4 members (excludes halogenated alkanes) is 1. The SMILES string of the molecule is CCCCN(C(=O)NC1CCN(Cc2ccc(Oc3ccc(NS(C)(=O)=O)cc3)cc2)CC1)C1CCCCC1.Cl. The van der Waals surface area contributed by atoms with Crippen LogP contribution in [0.3, 0.4) is 0 Å². The molecule has 0 aromatic heterocycles. The van der Waals surface area contributed by atoms with Crippen molar-refractivity contribution in [1.29, 1.82) is 0 Å². The van der Waals surface area contributed by atoms with Gasteiger partial charge in [-0.05, 0) is 74.1 Å². The summed E-state index contributed by atoms with van der Waals surface area (Å²) in [5, 5.41) is 3.36. The van der Waals surface area contributed by atoms with Gasteiger partial charge in [-0.1, -0.05) is 44.7 Å². The van der Waals surface area contributed by atoms with E-state index < -0.39 is 10.0 Å². The molecule has 0 unspecified atom stereocenters. The summed E-state index contributed by atoms with van der Waals surface area (Å²) in [5.41, 5.74) is 1.72. The Balaban J connectivity index is 0.00000441. The third-order valence-corrected chi connectivity index (χ3v) is 8.27. The number of amides is 2. The molecule has 0 bridgehead atoms. The molecule has 222 valence electrons. The molecule has 8 nitrogen and oxygen atoms in total. The number of carbonyl (C=O) groups excluding carboxylic acids is 1. The van der Waals surface area contributed by atoms with E-state index in [1.807, 2.05) is 12.1 Å². The van der Waals surface area contributed by atoms with Gasteiger partial charge in [0.15, 0.2) is 0 Å². The quantitative estimate of drug-likeness (QED) is 0.316. The molecular weight excluding hydrogens is 548 g/mol. The first kappa shape index (κ1) is 32.0. The van der Waals surface area contributed by atoms with Crippen molar-refractivity contribution in [2.24, 2.45) is 0 Å². The van der Waals surface area contributed by atoms with E-state index >= 15 is 0 Å². The Morgan fingerprint density at radius 2 is 1.55 bits per heavy atom. The number of piperidine rings is 1. The lowest BCUT2D eigenvalue weighted by Gasteiger charge is -2.37. The van der Waals surface area contributed by atoms with E-state index in [9.17, 15) is 13.2 Å². The molecule has 1 saturated heterocycles. The van der Waals surface area contributed by atoms with Gasteiger partial charge in [-0.15, -0.1) is 12.4 Å². The Hall–Kier alpha value is -2.49. The van der Waals surface area contributed by atoms with Crippen LogP contribution in [0.15, 0.2) is 48.5 Å². The summed E-state index contributed by atoms with van der Waals surface area (Å²) in [4.78, 5) is 17.8. The fraction of sp³-hybridized carbons (Fsp3) is 0.567. The van der Waals surface area contributed by atoms with Crippen molar-refractivity contribution < 1.29 is 17.9 Å². The zero-order chi connectivity index (χ0) is 27.7. The second-order valence-corrected chi connectivity index (χ2v) is 12.7. The normalized spacial score (nSPS) is 17.1. The van der Waals surface area contributed by atoms with E-state index in [2.05, 4.69) is 38.9 Å². The van der Waals surface area contributed by atoms with Crippen molar-refractivity contribution in [3.63, 3.8) is 0 Å². The van der Waals surface area contributed by atoms with Crippen LogP contribution in [-0.4, -0.2) is 62.2 Å². The number of carbonyl (C=O) groups is 1. The number of halogens is 1. The van der Waals surface area contributed by atoms with E-state index in [0.29, 0.717) is 17.5 Å². The molecule has 4 rings (SSSR count). The average Bonchev–Trinajstić information content (AvgIpc) is 2.92. The monoisotopic (exact) mass is 592 g/mol. The van der Waals surface area contributed by atoms with E-state index in [4.69, 9.17) is 4.74 Å². The number of sulfonamides is 1. The summed E-state index contributed by atoms with van der Waals surface area (Å²) in [6, 6.07) is 15.7. The molecule has 40 heavy (non-hydrogen) atoms. The van der Waals surface area contributed by atoms with Crippen molar-refractivity contribution in [2.75, 3.05) is 30.6 Å². The first-order chi connectivity index (χ1) is 18.8. The number of hydrogen-bond donors (Lipinski definition) is 2. The number of ether oxygens (including phenoxy) is 1. The zero-order valence-corrected chi connectivity index (χ0v) is 25.4. The Labute approximate surface area is 246 Å². The first-order valence-corrected chi connectivity index (χ1v) is 16.3. The predicted molar refractivity (Wildman–Crippen MR) is 164 cm³/mol. The third kappa shape index (κ3) is 10.2. The Kier molecular flexibility index (Phi) is 12.4. The highest BCUT2D eigenvalue weighted by atomic mass is 35.5. The third-order valence-electron chi connectivity index (χ3n) is 7.67. The minimum atomic E-state index is -3.30. The van der Waals surface area contributed by atoms with E-state index in [0.717, 1.165) is 76.7 Å². The lowest BCUT2D eigenvalue weighted by molar-refractivity contribution is 0.140. The van der Waals surface area contributed by atoms with Gasteiger partial charge in [0.25, 0.3) is 0 Å². The molecule has 0 atom stereocenters. The number of nitrogens with zero attached hydrogens (tertiary/aromatic N) is 2. The Morgan fingerprint density at radius 1 is 0.950 bits per heavy atom. The number of urea groups is 1. The fourth-order valence-corrected chi connectivity index (χ4v) is 6.09. The van der Waals surface area contributed by atoms with Crippen LogP contribution in [0.25, 0.3) is 0 Å². The maximum atomic E-state index is 13.2. The van der Waals surface area contributed by atoms with Crippen LogP contribution in [0.2, 0.25) is 0 Å². The number of rotatable bonds is 11. The topological polar surface area (TPSA) is 91.0 Å². The summed E-state index contributed by atoms with van der Waals surface area (Å²) >= 11 is 0. The summed E-state index contributed by atoms with van der Waals surface area (Å²) in [6.45, 7) is 5.87. The zero-order valence-electron chi connectivity index (χ0n) is 23.8. The number of anilines is 1. The van der Waals surface area contributed by atoms with Gasteiger partial charge in [-0.2, -0.15) is 0 Å². The number of nitrogens with one attached hydrogen (secondary N) is 2. The molecule has 2 aliphatic rings. The summed E-state index contributed by atoms with van der Waals surface area (Å²) in [7, 11) is -3.30. The molecule has 2 aromatic carbocycles. The van der Waals surface area contributed by atoms with Crippen molar-refractivity contribution in [3.05, 3.63) is 54.1 Å². The van der Waals surface area contributed by atoms with Crippen molar-refractivity contribution in [2.45, 2.75) is 83.3 Å². The highest BCUT2D eigenvalue weighted by molar-refractivity contribution is 7.92. The first-order valence-electron chi connectivity index (χ1n) is 14.4. The smallest absolute Gasteiger partial charge is 0.317 e. The second-order valence-electron chi connectivity index (χ2n) is 11.0. The van der Waals surface area contributed by atoms with Gasteiger partial charge in [0, 0.05) is 44.0 Å². The lowest BCUT2D eigenvalue weighted by atomic mass is 9.94. The number of benzene rings is 2. The number of likely N-dealkylation sites (tertiary alicyclic amines) is 1. The van der Waals surface area contributed by atoms with Crippen LogP contribution < -0.4 is 14.8 Å². The van der Waals surface area contributed by atoms with Gasteiger partial charge in [0.1, 0.15) is 11.5 Å². The van der Waals surface area contributed by atoms with E-state index in [1.165, 1.54) is 24.8 Å². The van der Waals surface area contributed by atoms with Crippen LogP contribution in [0, 0.1) is 0 Å². The molecule has 10 heteroatoms. The molecule has 1 aliphatic carbocycles. The average molecular weight is 593 g/mol. The van der Waals surface area contributed by atoms with Gasteiger partial charge in [-0.25, -0.2) is 13.2 Å². The maximum Gasteiger partial charge on any atom is 0.317 e. The minimum Gasteiger partial charge on any atom is -0.457 e. The van der Waals surface area contributed by atoms with Crippen LogP contribution in [0.5, 0.6) is 11.5 Å². The minimum absolute atomic E-state index is 0. The lowest BCUT2D eigenvalue weighted by Crippen LogP contribution is -2.52. The molecule has 2 N–H and O–H groups in total. The van der Waals surface area contributed by atoms with Gasteiger partial charge in [-0.3, -0.25) is 9.62 Å². The van der Waals surface area contributed by atoms with Gasteiger partial charge in [0.05, 0.1) is 6.26 Å².